The molecule has 0 aliphatic carbocycles. The molecule has 0 spiro atoms. The molecule has 3 rings (SSSR count). The van der Waals surface area contributed by atoms with Crippen LogP contribution in [0.2, 0.25) is 0 Å². The summed E-state index contributed by atoms with van der Waals surface area (Å²) in [4.78, 5) is 14.2. The molecular formula is C18H28ClN3O5S. The minimum atomic E-state index is -3.71. The zero-order valence-electron chi connectivity index (χ0n) is 16.0. The van der Waals surface area contributed by atoms with Crippen LogP contribution in [0.3, 0.4) is 0 Å². The molecule has 1 aromatic rings. The van der Waals surface area contributed by atoms with E-state index in [0.717, 1.165) is 32.5 Å². The van der Waals surface area contributed by atoms with E-state index in [1.165, 1.54) is 12.1 Å². The lowest BCUT2D eigenvalue weighted by Crippen LogP contribution is -2.34. The van der Waals surface area contributed by atoms with Crippen molar-refractivity contribution in [2.24, 2.45) is 5.92 Å². The van der Waals surface area contributed by atoms with Crippen molar-refractivity contribution in [1.29, 1.82) is 0 Å². The van der Waals surface area contributed by atoms with Crippen molar-refractivity contribution in [3.8, 4) is 11.5 Å². The number of hydrogen-bond donors (Lipinski definition) is 2. The Labute approximate surface area is 172 Å². The van der Waals surface area contributed by atoms with E-state index < -0.39 is 10.0 Å². The van der Waals surface area contributed by atoms with E-state index in [2.05, 4.69) is 10.0 Å². The van der Waals surface area contributed by atoms with Crippen LogP contribution in [0.25, 0.3) is 0 Å². The third-order valence-electron chi connectivity index (χ3n) is 4.79. The molecule has 28 heavy (non-hydrogen) atoms. The van der Waals surface area contributed by atoms with Crippen molar-refractivity contribution in [2.75, 3.05) is 46.4 Å². The summed E-state index contributed by atoms with van der Waals surface area (Å²) in [6.45, 7) is 3.46. The zero-order chi connectivity index (χ0) is 19.3. The van der Waals surface area contributed by atoms with Gasteiger partial charge in [-0.3, -0.25) is 4.79 Å². The van der Waals surface area contributed by atoms with Crippen LogP contribution in [0, 0.1) is 5.92 Å². The maximum atomic E-state index is 12.5. The molecule has 2 aliphatic heterocycles. The molecule has 1 saturated heterocycles. The number of likely N-dealkylation sites (tertiary alicyclic amines) is 1. The summed E-state index contributed by atoms with van der Waals surface area (Å²) >= 11 is 0. The number of benzene rings is 1. The Bertz CT molecular complexity index is 774. The fraction of sp³-hybridized carbons (Fsp3) is 0.611. The van der Waals surface area contributed by atoms with Crippen LogP contribution in [0.15, 0.2) is 23.1 Å². The molecule has 158 valence electrons. The molecule has 1 aromatic carbocycles. The number of carbonyl (C=O) groups is 1. The molecule has 1 amide bonds. The van der Waals surface area contributed by atoms with Crippen molar-refractivity contribution >= 4 is 28.3 Å². The Hall–Kier alpha value is -1.55. The number of hydrogen-bond acceptors (Lipinski definition) is 6. The van der Waals surface area contributed by atoms with E-state index >= 15 is 0 Å². The summed E-state index contributed by atoms with van der Waals surface area (Å²) in [5, 5.41) is 3.13. The standard InChI is InChI=1S/C18H27N3O5S.ClH/c1-19-12-14-6-8-21(13-14)18(22)5-7-20-27(23,24)15-3-4-16-17(11-15)26-10-2-9-25-16;/h3-4,11,14,19-20H,2,5-10,12-13H2,1H3;1H. The van der Waals surface area contributed by atoms with Gasteiger partial charge in [0.15, 0.2) is 11.5 Å². The predicted octanol–water partition coefficient (Wildman–Crippen LogP) is 1.01. The molecule has 0 saturated carbocycles. The average molecular weight is 434 g/mol. The molecule has 10 heteroatoms. The lowest BCUT2D eigenvalue weighted by Gasteiger charge is -2.17. The number of halogens is 1. The largest absolute Gasteiger partial charge is 0.490 e. The van der Waals surface area contributed by atoms with Gasteiger partial charge < -0.3 is 19.7 Å². The van der Waals surface area contributed by atoms with E-state index in [1.807, 2.05) is 11.9 Å². The van der Waals surface area contributed by atoms with Crippen molar-refractivity contribution in [3.63, 3.8) is 0 Å². The first-order valence-electron chi connectivity index (χ1n) is 9.31. The van der Waals surface area contributed by atoms with Gasteiger partial charge in [-0.05, 0) is 38.1 Å². The van der Waals surface area contributed by atoms with Crippen molar-refractivity contribution in [3.05, 3.63) is 18.2 Å². The lowest BCUT2D eigenvalue weighted by atomic mass is 10.1. The fourth-order valence-corrected chi connectivity index (χ4v) is 4.41. The number of fused-ring (bicyclic) bond motifs is 1. The first kappa shape index (κ1) is 22.7. The van der Waals surface area contributed by atoms with Gasteiger partial charge in [0.2, 0.25) is 15.9 Å². The Morgan fingerprint density at radius 3 is 2.75 bits per heavy atom. The second-order valence-corrected chi connectivity index (χ2v) is 8.63. The number of ether oxygens (including phenoxy) is 2. The van der Waals surface area contributed by atoms with Gasteiger partial charge in [0, 0.05) is 38.5 Å². The van der Waals surface area contributed by atoms with Crippen molar-refractivity contribution in [1.82, 2.24) is 14.9 Å². The van der Waals surface area contributed by atoms with Crippen LogP contribution >= 0.6 is 12.4 Å². The van der Waals surface area contributed by atoms with Gasteiger partial charge in [0.1, 0.15) is 0 Å². The van der Waals surface area contributed by atoms with Gasteiger partial charge in [0.25, 0.3) is 0 Å². The topological polar surface area (TPSA) is 97.0 Å². The second-order valence-electron chi connectivity index (χ2n) is 6.86. The highest BCUT2D eigenvalue weighted by molar-refractivity contribution is 7.89. The normalized spacial score (nSPS) is 19.0. The van der Waals surface area contributed by atoms with Gasteiger partial charge >= 0.3 is 0 Å². The first-order valence-corrected chi connectivity index (χ1v) is 10.8. The van der Waals surface area contributed by atoms with Crippen molar-refractivity contribution < 1.29 is 22.7 Å². The number of nitrogens with zero attached hydrogens (tertiary/aromatic N) is 1. The quantitative estimate of drug-likeness (QED) is 0.666. The Kier molecular flexibility index (Phi) is 8.36. The molecule has 0 radical (unpaired) electrons. The monoisotopic (exact) mass is 433 g/mol. The molecule has 1 fully saturated rings. The minimum absolute atomic E-state index is 0. The molecule has 1 atom stereocenters. The van der Waals surface area contributed by atoms with Gasteiger partial charge in [0.05, 0.1) is 18.1 Å². The maximum absolute atomic E-state index is 12.5. The van der Waals surface area contributed by atoms with Gasteiger partial charge in [-0.15, -0.1) is 12.4 Å². The molecule has 0 bridgehead atoms. The minimum Gasteiger partial charge on any atom is -0.490 e. The average Bonchev–Trinajstić information content (AvgIpc) is 2.98. The number of carbonyl (C=O) groups excluding carboxylic acids is 1. The van der Waals surface area contributed by atoms with Crippen LogP contribution in [0.5, 0.6) is 11.5 Å². The van der Waals surface area contributed by atoms with E-state index in [-0.39, 0.29) is 36.2 Å². The Balaban J connectivity index is 0.00000280. The molecule has 2 N–H and O–H groups in total. The molecule has 2 aliphatic rings. The third kappa shape index (κ3) is 5.73. The number of rotatable bonds is 7. The highest BCUT2D eigenvalue weighted by Gasteiger charge is 2.26. The molecular weight excluding hydrogens is 406 g/mol. The third-order valence-corrected chi connectivity index (χ3v) is 6.25. The van der Waals surface area contributed by atoms with Crippen LogP contribution in [0.4, 0.5) is 0 Å². The highest BCUT2D eigenvalue weighted by Crippen LogP contribution is 2.31. The SMILES string of the molecule is CNCC1CCN(C(=O)CCNS(=O)(=O)c2ccc3c(c2)OCCCO3)C1.Cl. The zero-order valence-corrected chi connectivity index (χ0v) is 17.6. The first-order chi connectivity index (χ1) is 13.0. The summed E-state index contributed by atoms with van der Waals surface area (Å²) in [6.07, 6.45) is 1.88. The smallest absolute Gasteiger partial charge is 0.240 e. The summed E-state index contributed by atoms with van der Waals surface area (Å²) in [5.41, 5.74) is 0. The van der Waals surface area contributed by atoms with Crippen molar-refractivity contribution in [2.45, 2.75) is 24.2 Å². The lowest BCUT2D eigenvalue weighted by molar-refractivity contribution is -0.130. The molecule has 8 nitrogen and oxygen atoms in total. The van der Waals surface area contributed by atoms with Crippen LogP contribution in [0.1, 0.15) is 19.3 Å². The van der Waals surface area contributed by atoms with Gasteiger partial charge in [-0.2, -0.15) is 0 Å². The number of amides is 1. The molecule has 0 aromatic heterocycles. The predicted molar refractivity (Wildman–Crippen MR) is 108 cm³/mol. The number of sulfonamides is 1. The van der Waals surface area contributed by atoms with Crippen LogP contribution in [-0.4, -0.2) is 65.7 Å². The highest BCUT2D eigenvalue weighted by atomic mass is 35.5. The fourth-order valence-electron chi connectivity index (χ4n) is 3.36. The summed E-state index contributed by atoms with van der Waals surface area (Å²) in [5.74, 6) is 1.43. The van der Waals surface area contributed by atoms with E-state index in [0.29, 0.717) is 30.6 Å². The maximum Gasteiger partial charge on any atom is 0.240 e. The van der Waals surface area contributed by atoms with E-state index in [9.17, 15) is 13.2 Å². The van der Waals surface area contributed by atoms with Crippen LogP contribution in [-0.2, 0) is 14.8 Å². The number of nitrogens with one attached hydrogen (secondary N) is 2. The Morgan fingerprint density at radius 2 is 2.00 bits per heavy atom. The summed E-state index contributed by atoms with van der Waals surface area (Å²) < 4.78 is 38.6. The Morgan fingerprint density at radius 1 is 1.25 bits per heavy atom. The molecule has 1 unspecified atom stereocenters. The van der Waals surface area contributed by atoms with E-state index in [1.54, 1.807) is 6.07 Å². The summed E-state index contributed by atoms with van der Waals surface area (Å²) in [7, 11) is -1.81. The van der Waals surface area contributed by atoms with Gasteiger partial charge in [-0.25, -0.2) is 13.1 Å². The van der Waals surface area contributed by atoms with Crippen LogP contribution < -0.4 is 19.5 Å². The second kappa shape index (κ2) is 10.3. The van der Waals surface area contributed by atoms with Gasteiger partial charge in [-0.1, -0.05) is 0 Å². The summed E-state index contributed by atoms with van der Waals surface area (Å²) in [6, 6.07) is 4.56. The molecule has 2 heterocycles. The van der Waals surface area contributed by atoms with E-state index in [4.69, 9.17) is 9.47 Å².